The molecule has 0 N–H and O–H groups in total. The number of nitrogens with zero attached hydrogens (tertiary/aromatic N) is 5. The minimum atomic E-state index is 0.907. The Labute approximate surface area is 524 Å². The lowest BCUT2D eigenvalue weighted by Gasteiger charge is -2.24. The van der Waals surface area contributed by atoms with Gasteiger partial charge in [0.1, 0.15) is 0 Å². The van der Waals surface area contributed by atoms with Crippen LogP contribution in [-0.2, 0) is 0 Å². The van der Waals surface area contributed by atoms with Crippen molar-refractivity contribution in [2.24, 2.45) is 0 Å². The van der Waals surface area contributed by atoms with Crippen molar-refractivity contribution in [2.45, 2.75) is 0 Å². The van der Waals surface area contributed by atoms with Gasteiger partial charge >= 0.3 is 0 Å². The summed E-state index contributed by atoms with van der Waals surface area (Å²) >= 11 is 3.74. The van der Waals surface area contributed by atoms with E-state index in [1.165, 1.54) is 45.9 Å². The van der Waals surface area contributed by atoms with Crippen LogP contribution in [0, 0.1) is 0 Å². The first kappa shape index (κ1) is 50.8. The Kier molecular flexibility index (Phi) is 11.3. The second kappa shape index (κ2) is 20.1. The summed E-state index contributed by atoms with van der Waals surface area (Å²) in [6, 6.07) is 112. The number of benzene rings is 13. The molecule has 19 aromatic rings. The maximum atomic E-state index is 5.92. The molecule has 0 aliphatic carbocycles. The van der Waals surface area contributed by atoms with Gasteiger partial charge < -0.3 is 18.3 Å². The molecule has 7 heteroatoms. The zero-order chi connectivity index (χ0) is 59.0. The predicted octanol–water partition coefficient (Wildman–Crippen LogP) is 23.2. The molecule has 5 aromatic heterocycles. The Morgan fingerprint density at radius 1 is 0.222 bits per heavy atom. The maximum Gasteiger partial charge on any atom is 0.0788 e. The molecule has 420 valence electrons. The van der Waals surface area contributed by atoms with Crippen LogP contribution in [0.4, 0.5) is 0 Å². The average Bonchev–Trinajstić information content (AvgIpc) is 1.75. The van der Waals surface area contributed by atoms with Gasteiger partial charge in [-0.05, 0) is 159 Å². The summed E-state index contributed by atoms with van der Waals surface area (Å²) in [7, 11) is 0. The van der Waals surface area contributed by atoms with Crippen LogP contribution in [0.2, 0.25) is 0 Å². The topological polar surface area (TPSA) is 32.6 Å². The monoisotopic (exact) mass is 1180 g/mol. The third-order valence-electron chi connectivity index (χ3n) is 18.4. The van der Waals surface area contributed by atoms with Crippen molar-refractivity contribution >= 4 is 150 Å². The smallest absolute Gasteiger partial charge is 0.0788 e. The van der Waals surface area contributed by atoms with Gasteiger partial charge in [-0.1, -0.05) is 182 Å². The van der Waals surface area contributed by atoms with E-state index in [2.05, 4.69) is 328 Å². The predicted molar refractivity (Wildman–Crippen MR) is 385 cm³/mol. The minimum absolute atomic E-state index is 0.907. The normalized spacial score (nSPS) is 12.0. The van der Waals surface area contributed by atoms with E-state index in [1.54, 1.807) is 0 Å². The molecular formula is C83H51N5S2. The third kappa shape index (κ3) is 7.70. The fraction of sp³-hybridized carbons (Fsp3) is 0. The van der Waals surface area contributed by atoms with E-state index in [1.807, 2.05) is 22.7 Å². The van der Waals surface area contributed by atoms with Crippen LogP contribution in [0.5, 0.6) is 0 Å². The molecule has 5 nitrogen and oxygen atoms in total. The van der Waals surface area contributed by atoms with Crippen molar-refractivity contribution in [3.8, 4) is 45.0 Å². The Morgan fingerprint density at radius 2 is 0.556 bits per heavy atom. The van der Waals surface area contributed by atoms with Crippen molar-refractivity contribution < 1.29 is 0 Å². The zero-order valence-electron chi connectivity index (χ0n) is 48.5. The number of aromatic nitrogens is 5. The first-order chi connectivity index (χ1) is 44.7. The highest BCUT2D eigenvalue weighted by atomic mass is 32.1. The van der Waals surface area contributed by atoms with Gasteiger partial charge in [-0.2, -0.15) is 0 Å². The minimum Gasteiger partial charge on any atom is -0.306 e. The third-order valence-corrected chi connectivity index (χ3v) is 20.9. The number of pyridine rings is 1. The average molecular weight is 1180 g/mol. The van der Waals surface area contributed by atoms with Gasteiger partial charge in [0.25, 0.3) is 0 Å². The van der Waals surface area contributed by atoms with Crippen molar-refractivity contribution in [1.29, 1.82) is 0 Å². The molecule has 0 fully saturated rings. The van der Waals surface area contributed by atoms with Crippen LogP contribution in [0.1, 0.15) is 0 Å². The second-order valence-corrected chi connectivity index (χ2v) is 25.5. The lowest BCUT2D eigenvalue weighted by Crippen LogP contribution is -2.08. The van der Waals surface area contributed by atoms with Gasteiger partial charge in [0.2, 0.25) is 0 Å². The van der Waals surface area contributed by atoms with Gasteiger partial charge in [-0.3, -0.25) is 4.98 Å². The maximum absolute atomic E-state index is 5.92. The van der Waals surface area contributed by atoms with Crippen LogP contribution in [0.3, 0.4) is 0 Å². The Hall–Kier alpha value is -11.4. The first-order valence-electron chi connectivity index (χ1n) is 30.6. The molecule has 0 radical (unpaired) electrons. The summed E-state index contributed by atoms with van der Waals surface area (Å²) in [6.07, 6.45) is 2.14. The molecule has 0 aliphatic rings. The highest BCUT2D eigenvalue weighted by Gasteiger charge is 2.23. The lowest BCUT2D eigenvalue weighted by atomic mass is 9.92. The molecular weight excluding hydrogens is 1130 g/mol. The molecule has 0 unspecified atom stereocenters. The Bertz CT molecular complexity index is 5880. The van der Waals surface area contributed by atoms with Gasteiger partial charge in [0.15, 0.2) is 0 Å². The van der Waals surface area contributed by atoms with Crippen LogP contribution in [-0.4, -0.2) is 23.3 Å². The van der Waals surface area contributed by atoms with Crippen LogP contribution in [0.15, 0.2) is 310 Å². The van der Waals surface area contributed by atoms with Gasteiger partial charge in [-0.15, -0.1) is 22.7 Å². The SMILES string of the molecule is c1ccc(-n2c3ccccc3n(-c3ccccc3)c3cc4c(cc32)c2ccc(-c3cccc5c3sc3ccccc35)cc2c2cc3c(cc2c2ncc(-c5cccc6c5sc5ccccc56)cc42)n(-c2ccccc2)c2ccccc2n3-c2ccccc2)cc1. The van der Waals surface area contributed by atoms with Crippen LogP contribution in [0.25, 0.3) is 173 Å². The highest BCUT2D eigenvalue weighted by molar-refractivity contribution is 7.26. The van der Waals surface area contributed by atoms with Crippen LogP contribution < -0.4 is 0 Å². The van der Waals surface area contributed by atoms with E-state index in [4.69, 9.17) is 4.98 Å². The molecule has 0 atom stereocenters. The molecule has 0 spiro atoms. The molecule has 0 bridgehead atoms. The summed E-state index contributed by atoms with van der Waals surface area (Å²) in [5, 5.41) is 12.7. The Balaban J connectivity index is 1.07. The fourth-order valence-electron chi connectivity index (χ4n) is 14.5. The summed E-state index contributed by atoms with van der Waals surface area (Å²) in [5.74, 6) is 0. The zero-order valence-corrected chi connectivity index (χ0v) is 50.1. The van der Waals surface area contributed by atoms with Crippen molar-refractivity contribution in [3.05, 3.63) is 310 Å². The lowest BCUT2D eigenvalue weighted by molar-refractivity contribution is 1.09. The fourth-order valence-corrected chi connectivity index (χ4v) is 17.0. The number of hydrogen-bond donors (Lipinski definition) is 0. The van der Waals surface area contributed by atoms with Gasteiger partial charge in [-0.25, -0.2) is 0 Å². The van der Waals surface area contributed by atoms with E-state index >= 15 is 0 Å². The first-order valence-corrected chi connectivity index (χ1v) is 32.2. The van der Waals surface area contributed by atoms with E-state index in [9.17, 15) is 0 Å². The number of fused-ring (bicyclic) bond motifs is 18. The summed E-state index contributed by atoms with van der Waals surface area (Å²) < 4.78 is 14.9. The van der Waals surface area contributed by atoms with E-state index < -0.39 is 0 Å². The standard InChI is InChI=1S/C83H51N5S2/c1-5-23-54(24-6-1)85-71-37-15-16-38-72(71)86(55-25-7-2-8-26-55)76-49-68-66(47-75(76)85)60-44-43-52(58-33-21-35-63-61-31-13-19-41-79(61)89-82(58)63)45-65(60)67-48-77-78(88(57-29-11-4-12-30-57)74-40-18-17-39-73(74)87(77)56-27-9-3-10-28-56)50-70(67)81-69(68)46-53(51-84-81)59-34-22-36-64-62-32-14-20-42-80(62)90-83(59)64/h1-51H. The molecule has 0 amide bonds. The number of para-hydroxylation sites is 8. The number of thiophene rings is 2. The number of hydrogen-bond acceptors (Lipinski definition) is 3. The second-order valence-electron chi connectivity index (χ2n) is 23.4. The van der Waals surface area contributed by atoms with Crippen LogP contribution >= 0.6 is 22.7 Å². The highest BCUT2D eigenvalue weighted by Crippen LogP contribution is 2.47. The molecule has 0 saturated heterocycles. The van der Waals surface area contributed by atoms with Crippen molar-refractivity contribution in [2.75, 3.05) is 0 Å². The molecule has 0 aliphatic heterocycles. The Morgan fingerprint density at radius 3 is 1.00 bits per heavy atom. The van der Waals surface area contributed by atoms with Crippen molar-refractivity contribution in [3.63, 3.8) is 0 Å². The molecule has 90 heavy (non-hydrogen) atoms. The van der Waals surface area contributed by atoms with E-state index in [0.29, 0.717) is 0 Å². The molecule has 0 saturated carbocycles. The molecule has 14 aromatic carbocycles. The van der Waals surface area contributed by atoms with Gasteiger partial charge in [0, 0.05) is 91.2 Å². The van der Waals surface area contributed by atoms with Gasteiger partial charge in [0.05, 0.1) is 49.7 Å². The van der Waals surface area contributed by atoms with E-state index in [-0.39, 0.29) is 0 Å². The summed E-state index contributed by atoms with van der Waals surface area (Å²) in [5.41, 5.74) is 18.4. The molecule has 5 heterocycles. The summed E-state index contributed by atoms with van der Waals surface area (Å²) in [6.45, 7) is 0. The van der Waals surface area contributed by atoms with E-state index in [0.717, 1.165) is 127 Å². The quantitative estimate of drug-likeness (QED) is 0.153. The summed E-state index contributed by atoms with van der Waals surface area (Å²) in [4.78, 5) is 5.92. The largest absolute Gasteiger partial charge is 0.306 e. The van der Waals surface area contributed by atoms with Crippen molar-refractivity contribution in [1.82, 2.24) is 23.3 Å². The molecule has 19 rings (SSSR count). The number of rotatable bonds is 6.